The number of aliphatic hydroxyl groups is 1. The van der Waals surface area contributed by atoms with Gasteiger partial charge in [0.15, 0.2) is 0 Å². The molecule has 0 aliphatic rings. The van der Waals surface area contributed by atoms with E-state index in [1.165, 1.54) is 18.3 Å². The van der Waals surface area contributed by atoms with Crippen molar-refractivity contribution in [3.63, 3.8) is 0 Å². The molecule has 0 fully saturated rings. The summed E-state index contributed by atoms with van der Waals surface area (Å²) in [5.41, 5.74) is 2.09. The van der Waals surface area contributed by atoms with E-state index in [1.54, 1.807) is 60.7 Å². The van der Waals surface area contributed by atoms with Crippen molar-refractivity contribution >= 4 is 23.8 Å². The molecule has 3 rings (SSSR count). The summed E-state index contributed by atoms with van der Waals surface area (Å²) in [7, 11) is 0. The van der Waals surface area contributed by atoms with Crippen molar-refractivity contribution in [1.29, 1.82) is 0 Å². The van der Waals surface area contributed by atoms with Gasteiger partial charge in [-0.3, -0.25) is 9.79 Å². The predicted octanol–water partition coefficient (Wildman–Crippen LogP) is -1.34. The van der Waals surface area contributed by atoms with Crippen LogP contribution in [0, 0.1) is 0 Å². The summed E-state index contributed by atoms with van der Waals surface area (Å²) in [6, 6.07) is 20.2. The molecule has 0 aliphatic heterocycles. The van der Waals surface area contributed by atoms with Gasteiger partial charge in [-0.1, -0.05) is 54.6 Å². The van der Waals surface area contributed by atoms with E-state index >= 15 is 0 Å². The number of hydrogen-bond donors (Lipinski definition) is 3. The number of carboxylic acids is 1. The number of aliphatic imine (C=N–C) groups is 1. The number of amides is 1. The molecule has 0 saturated carbocycles. The second-order valence-electron chi connectivity index (χ2n) is 6.88. The van der Waals surface area contributed by atoms with Crippen molar-refractivity contribution < 1.29 is 54.5 Å². The summed E-state index contributed by atoms with van der Waals surface area (Å²) < 4.78 is 0. The molecule has 0 spiro atoms. The first-order valence-electron chi connectivity index (χ1n) is 9.58. The van der Waals surface area contributed by atoms with E-state index in [0.29, 0.717) is 11.3 Å². The number of phenolic OH excluding ortho intramolecular Hbond substituents is 1. The van der Waals surface area contributed by atoms with Crippen molar-refractivity contribution in [1.82, 2.24) is 5.32 Å². The van der Waals surface area contributed by atoms with Crippen LogP contribution in [0.25, 0.3) is 0 Å². The third-order valence-corrected chi connectivity index (χ3v) is 4.62. The minimum atomic E-state index is -1.60. The van der Waals surface area contributed by atoms with Crippen molar-refractivity contribution in [3.8, 4) is 5.75 Å². The van der Waals surface area contributed by atoms with Gasteiger partial charge in [0.05, 0.1) is 24.1 Å². The van der Waals surface area contributed by atoms with E-state index in [4.69, 9.17) is 0 Å². The van der Waals surface area contributed by atoms with Gasteiger partial charge in [0.1, 0.15) is 11.9 Å². The minimum Gasteiger partial charge on any atom is -0.548 e. The summed E-state index contributed by atoms with van der Waals surface area (Å²) in [5.74, 6) is -2.03. The van der Waals surface area contributed by atoms with Crippen molar-refractivity contribution in [2.24, 2.45) is 4.99 Å². The van der Waals surface area contributed by atoms with Crippen molar-refractivity contribution in [2.45, 2.75) is 18.6 Å². The van der Waals surface area contributed by atoms with Crippen molar-refractivity contribution in [2.75, 3.05) is 0 Å². The third kappa shape index (κ3) is 7.03. The summed E-state index contributed by atoms with van der Waals surface area (Å²) in [6.45, 7) is 0. The van der Waals surface area contributed by atoms with Gasteiger partial charge in [-0.2, -0.15) is 0 Å². The topological polar surface area (TPSA) is 122 Å². The van der Waals surface area contributed by atoms with Crippen LogP contribution in [0.1, 0.15) is 22.8 Å². The first kappa shape index (κ1) is 25.3. The minimum absolute atomic E-state index is 0. The molecule has 3 aromatic rings. The van der Waals surface area contributed by atoms with Crippen molar-refractivity contribution in [3.05, 3.63) is 95.6 Å². The fraction of sp³-hybridized carbons (Fsp3) is 0.125. The third-order valence-electron chi connectivity index (χ3n) is 4.62. The van der Waals surface area contributed by atoms with E-state index in [9.17, 15) is 24.9 Å². The maximum absolute atomic E-state index is 12.2. The van der Waals surface area contributed by atoms with Crippen LogP contribution in [0.15, 0.2) is 83.9 Å². The average molecular weight is 440 g/mol. The Balaban J connectivity index is 0.00000363. The molecule has 0 heterocycles. The molecule has 3 aromatic carbocycles. The number of carbonyl (C=O) groups excluding carboxylic acids is 2. The molecule has 0 unspecified atom stereocenters. The number of aliphatic hydroxyl groups excluding tert-OH is 1. The fourth-order valence-corrected chi connectivity index (χ4v) is 2.96. The smallest absolute Gasteiger partial charge is 0.548 e. The van der Waals surface area contributed by atoms with Crippen LogP contribution in [0.4, 0.5) is 5.69 Å². The number of aromatic hydroxyl groups is 1. The van der Waals surface area contributed by atoms with Gasteiger partial charge >= 0.3 is 29.6 Å². The predicted molar refractivity (Wildman–Crippen MR) is 114 cm³/mol. The Hall–Kier alpha value is -2.97. The number of aliphatic carboxylic acids is 1. The molecule has 32 heavy (non-hydrogen) atoms. The van der Waals surface area contributed by atoms with Crippen LogP contribution in [0.5, 0.6) is 5.75 Å². The first-order chi connectivity index (χ1) is 14.9. The van der Waals surface area contributed by atoms with Crippen LogP contribution < -0.4 is 40.0 Å². The van der Waals surface area contributed by atoms with E-state index in [1.807, 2.05) is 6.07 Å². The number of nitrogens with one attached hydrogen (secondary N) is 1. The van der Waals surface area contributed by atoms with Gasteiger partial charge in [-0.15, -0.1) is 0 Å². The number of carbonyl (C=O) groups is 2. The van der Waals surface area contributed by atoms with Gasteiger partial charge in [0, 0.05) is 11.8 Å². The van der Waals surface area contributed by atoms with Gasteiger partial charge in [-0.25, -0.2) is 0 Å². The molecule has 3 N–H and O–H groups in total. The molecule has 0 radical (unpaired) electrons. The Morgan fingerprint density at radius 1 is 0.969 bits per heavy atom. The largest absolute Gasteiger partial charge is 1.00 e. The number of phenols is 1. The van der Waals surface area contributed by atoms with E-state index < -0.39 is 24.0 Å². The second-order valence-corrected chi connectivity index (χ2v) is 6.88. The van der Waals surface area contributed by atoms with E-state index in [2.05, 4.69) is 10.3 Å². The van der Waals surface area contributed by atoms with E-state index in [-0.39, 0.29) is 47.3 Å². The second kappa shape index (κ2) is 12.2. The van der Waals surface area contributed by atoms with Gasteiger partial charge in [-0.05, 0) is 35.4 Å². The van der Waals surface area contributed by atoms with Crippen LogP contribution >= 0.6 is 0 Å². The first-order valence-corrected chi connectivity index (χ1v) is 9.58. The molecule has 1 amide bonds. The normalized spacial score (nSPS) is 12.5. The Morgan fingerprint density at radius 3 is 2.22 bits per heavy atom. The zero-order chi connectivity index (χ0) is 22.2. The maximum Gasteiger partial charge on any atom is 1.00 e. The van der Waals surface area contributed by atoms with Crippen LogP contribution in [-0.4, -0.2) is 34.3 Å². The summed E-state index contributed by atoms with van der Waals surface area (Å²) in [5, 5.41) is 34.1. The number of benzene rings is 3. The molecule has 8 heteroatoms. The number of carboxylic acid groups (broad SMARTS) is 1. The molecule has 0 aliphatic carbocycles. The summed E-state index contributed by atoms with van der Waals surface area (Å²) in [6.07, 6.45) is -0.0211. The fourth-order valence-electron chi connectivity index (χ4n) is 2.96. The molecule has 2 atom stereocenters. The number of nitrogens with zero attached hydrogens (tertiary/aromatic N) is 1. The average Bonchev–Trinajstić information content (AvgIpc) is 2.77. The molecular formula is C24H21N2NaO5. The Bertz CT molecular complexity index is 1070. The summed E-state index contributed by atoms with van der Waals surface area (Å²) >= 11 is 0. The zero-order valence-electron chi connectivity index (χ0n) is 17.5. The monoisotopic (exact) mass is 440 g/mol. The quantitative estimate of drug-likeness (QED) is 0.296. The van der Waals surface area contributed by atoms with Crippen LogP contribution in [0.2, 0.25) is 0 Å². The molecule has 0 saturated heterocycles. The molecular weight excluding hydrogens is 419 g/mol. The maximum atomic E-state index is 12.2. The zero-order valence-corrected chi connectivity index (χ0v) is 19.5. The van der Waals surface area contributed by atoms with Crippen LogP contribution in [0.3, 0.4) is 0 Å². The SMILES string of the molecule is O=C(Cc1ccccc1)N[C@@H](C(=O)[O-])[C@H](O)c1ccc(N=Cc2ccccc2O)cc1.[Na+]. The molecule has 158 valence electrons. The van der Waals surface area contributed by atoms with Gasteiger partial charge in [0.25, 0.3) is 0 Å². The number of para-hydroxylation sites is 1. The Labute approximate surface area is 207 Å². The van der Waals surface area contributed by atoms with Gasteiger partial charge in [0.2, 0.25) is 5.91 Å². The standard InChI is InChI=1S/C24H22N2O5.Na/c27-20-9-5-4-8-18(20)15-25-19-12-10-17(11-13-19)23(29)22(24(30)31)26-21(28)14-16-6-2-1-3-7-16;/h1-13,15,22-23,27,29H,14H2,(H,26,28)(H,30,31);/q;+1/p-1/t22-,23-;/m1./s1. The van der Waals surface area contributed by atoms with E-state index in [0.717, 1.165) is 5.56 Å². The molecule has 0 bridgehead atoms. The molecule has 0 aromatic heterocycles. The number of rotatable bonds is 8. The Morgan fingerprint density at radius 2 is 1.59 bits per heavy atom. The van der Waals surface area contributed by atoms with Crippen LogP contribution in [-0.2, 0) is 16.0 Å². The van der Waals surface area contributed by atoms with Gasteiger partial charge < -0.3 is 25.4 Å². The summed E-state index contributed by atoms with van der Waals surface area (Å²) in [4.78, 5) is 28.0. The Kier molecular flexibility index (Phi) is 9.61. The number of hydrogen-bond acceptors (Lipinski definition) is 6. The molecule has 7 nitrogen and oxygen atoms in total.